The Bertz CT molecular complexity index is 1260. The molecule has 0 spiro atoms. The summed E-state index contributed by atoms with van der Waals surface area (Å²) in [5.74, 6) is -3.70. The average molecular weight is 584 g/mol. The van der Waals surface area contributed by atoms with Crippen LogP contribution in [-0.2, 0) is 25.7 Å². The van der Waals surface area contributed by atoms with Crippen LogP contribution in [0.5, 0.6) is 0 Å². The van der Waals surface area contributed by atoms with Crippen LogP contribution in [0.3, 0.4) is 0 Å². The number of rotatable bonds is 13. The monoisotopic (exact) mass is 583 g/mol. The largest absolute Gasteiger partial charge is 0.481 e. The highest BCUT2D eigenvalue weighted by Gasteiger charge is 2.40. The summed E-state index contributed by atoms with van der Waals surface area (Å²) < 4.78 is 11.3. The number of morpholine rings is 1. The van der Waals surface area contributed by atoms with E-state index in [-0.39, 0.29) is 0 Å². The van der Waals surface area contributed by atoms with E-state index >= 15 is 0 Å². The molecule has 2 aromatic carbocycles. The molecule has 0 saturated carbocycles. The molecule has 0 radical (unpaired) electrons. The highest BCUT2D eigenvalue weighted by atomic mass is 16.5. The highest BCUT2D eigenvalue weighted by molar-refractivity contribution is 5.88. The van der Waals surface area contributed by atoms with Gasteiger partial charge in [-0.15, -0.1) is 0 Å². The maximum atomic E-state index is 10.3. The first-order chi connectivity index (χ1) is 20.1. The van der Waals surface area contributed by atoms with Crippen molar-refractivity contribution in [1.82, 2.24) is 10.1 Å². The fourth-order valence-corrected chi connectivity index (χ4v) is 4.57. The SMILES string of the molecule is CC(CN1CCOCC1)CN(Cc1ccccc1)c1cc(-c2ccccc2)no1.O=C(O)CC(O)(CC(=O)O)C(=O)O. The van der Waals surface area contributed by atoms with Gasteiger partial charge < -0.3 is 34.6 Å². The smallest absolute Gasteiger partial charge is 0.336 e. The molecule has 1 aliphatic rings. The van der Waals surface area contributed by atoms with Gasteiger partial charge in [-0.25, -0.2) is 4.79 Å². The Morgan fingerprint density at radius 3 is 2.07 bits per heavy atom. The molecule has 0 aliphatic carbocycles. The van der Waals surface area contributed by atoms with Crippen molar-refractivity contribution in [2.24, 2.45) is 5.92 Å². The normalized spacial score (nSPS) is 14.3. The second-order valence-electron chi connectivity index (χ2n) is 10.3. The number of aromatic nitrogens is 1. The van der Waals surface area contributed by atoms with Crippen molar-refractivity contribution < 1.29 is 44.1 Å². The van der Waals surface area contributed by atoms with E-state index in [2.05, 4.69) is 70.4 Å². The average Bonchev–Trinajstić information content (AvgIpc) is 3.44. The van der Waals surface area contributed by atoms with Gasteiger partial charge in [-0.3, -0.25) is 14.5 Å². The molecule has 1 aromatic heterocycles. The summed E-state index contributed by atoms with van der Waals surface area (Å²) in [5, 5.41) is 38.1. The number of aliphatic carboxylic acids is 3. The van der Waals surface area contributed by atoms with Gasteiger partial charge in [-0.2, -0.15) is 0 Å². The number of carboxylic acid groups (broad SMARTS) is 3. The third-order valence-electron chi connectivity index (χ3n) is 6.59. The Labute approximate surface area is 243 Å². The number of carbonyl (C=O) groups is 3. The summed E-state index contributed by atoms with van der Waals surface area (Å²) in [5.41, 5.74) is 0.476. The molecule has 12 heteroatoms. The van der Waals surface area contributed by atoms with Crippen LogP contribution in [0.15, 0.2) is 71.3 Å². The Balaban J connectivity index is 0.000000316. The summed E-state index contributed by atoms with van der Waals surface area (Å²) >= 11 is 0. The molecule has 4 N–H and O–H groups in total. The van der Waals surface area contributed by atoms with Crippen LogP contribution in [0.1, 0.15) is 25.3 Å². The Hall–Kier alpha value is -4.26. The van der Waals surface area contributed by atoms with Crippen molar-refractivity contribution in [3.63, 3.8) is 0 Å². The number of aliphatic hydroxyl groups is 1. The number of carboxylic acids is 3. The second kappa shape index (κ2) is 15.7. The predicted molar refractivity (Wildman–Crippen MR) is 153 cm³/mol. The lowest BCUT2D eigenvalue weighted by Crippen LogP contribution is -2.42. The van der Waals surface area contributed by atoms with Crippen LogP contribution >= 0.6 is 0 Å². The van der Waals surface area contributed by atoms with Crippen molar-refractivity contribution in [3.8, 4) is 11.3 Å². The van der Waals surface area contributed by atoms with Gasteiger partial charge in [0.05, 0.1) is 26.1 Å². The fraction of sp³-hybridized carbons (Fsp3) is 0.400. The summed E-state index contributed by atoms with van der Waals surface area (Å²) in [7, 11) is 0. The first-order valence-electron chi connectivity index (χ1n) is 13.6. The van der Waals surface area contributed by atoms with Crippen molar-refractivity contribution >= 4 is 23.8 Å². The van der Waals surface area contributed by atoms with Crippen molar-refractivity contribution in [3.05, 3.63) is 72.3 Å². The van der Waals surface area contributed by atoms with Gasteiger partial charge >= 0.3 is 17.9 Å². The van der Waals surface area contributed by atoms with Crippen molar-refractivity contribution in [2.45, 2.75) is 31.9 Å². The number of anilines is 1. The summed E-state index contributed by atoms with van der Waals surface area (Å²) in [4.78, 5) is 35.3. The number of nitrogens with zero attached hydrogens (tertiary/aromatic N) is 3. The molecular formula is C30H37N3O9. The molecule has 0 amide bonds. The van der Waals surface area contributed by atoms with E-state index in [0.29, 0.717) is 5.92 Å². The van der Waals surface area contributed by atoms with Gasteiger partial charge in [0.2, 0.25) is 5.88 Å². The molecule has 226 valence electrons. The zero-order valence-electron chi connectivity index (χ0n) is 23.5. The van der Waals surface area contributed by atoms with E-state index in [4.69, 9.17) is 29.7 Å². The molecule has 2 heterocycles. The molecule has 1 unspecified atom stereocenters. The lowest BCUT2D eigenvalue weighted by molar-refractivity contribution is -0.170. The van der Waals surface area contributed by atoms with Gasteiger partial charge in [-0.1, -0.05) is 72.7 Å². The van der Waals surface area contributed by atoms with Gasteiger partial charge in [0.15, 0.2) is 5.60 Å². The number of hydrogen-bond donors (Lipinski definition) is 4. The predicted octanol–water partition coefficient (Wildman–Crippen LogP) is 3.07. The highest BCUT2D eigenvalue weighted by Crippen LogP contribution is 2.26. The number of benzene rings is 2. The van der Waals surface area contributed by atoms with E-state index in [1.54, 1.807) is 0 Å². The quantitative estimate of drug-likeness (QED) is 0.232. The first-order valence-corrected chi connectivity index (χ1v) is 13.6. The molecule has 4 rings (SSSR count). The summed E-state index contributed by atoms with van der Waals surface area (Å²) in [6.07, 6.45) is -2.29. The zero-order valence-corrected chi connectivity index (χ0v) is 23.5. The minimum absolute atomic E-state index is 0.502. The van der Waals surface area contributed by atoms with Crippen LogP contribution in [0, 0.1) is 5.92 Å². The first kappa shape index (κ1) is 32.3. The third kappa shape index (κ3) is 10.3. The zero-order chi connectivity index (χ0) is 30.5. The molecule has 0 bridgehead atoms. The van der Waals surface area contributed by atoms with Crippen LogP contribution in [-0.4, -0.2) is 93.4 Å². The van der Waals surface area contributed by atoms with Gasteiger partial charge in [0, 0.05) is 44.4 Å². The number of ether oxygens (including phenoxy) is 1. The van der Waals surface area contributed by atoms with Crippen LogP contribution in [0.4, 0.5) is 5.88 Å². The van der Waals surface area contributed by atoms with Crippen LogP contribution in [0.2, 0.25) is 0 Å². The molecule has 1 saturated heterocycles. The van der Waals surface area contributed by atoms with Crippen molar-refractivity contribution in [1.29, 1.82) is 0 Å². The molecule has 42 heavy (non-hydrogen) atoms. The standard InChI is InChI=1S/C24H29N3O2.C6H8O7/c1-20(17-26-12-14-28-15-13-26)18-27(19-21-8-4-2-5-9-21)24-16-23(25-29-24)22-10-6-3-7-11-22;7-3(8)1-6(13,5(11)12)2-4(9)10/h2-11,16,20H,12-15,17-19H2,1H3;13H,1-2H2,(H,7,8)(H,9,10)(H,11,12). The number of hydrogen-bond acceptors (Lipinski definition) is 9. The van der Waals surface area contributed by atoms with Gasteiger partial charge in [-0.05, 0) is 11.5 Å². The maximum absolute atomic E-state index is 10.3. The Kier molecular flexibility index (Phi) is 12.0. The van der Waals surface area contributed by atoms with E-state index in [9.17, 15) is 14.4 Å². The summed E-state index contributed by atoms with van der Waals surface area (Å²) in [6.45, 7) is 8.79. The summed E-state index contributed by atoms with van der Waals surface area (Å²) in [6, 6.07) is 22.8. The van der Waals surface area contributed by atoms with Crippen LogP contribution in [0.25, 0.3) is 11.3 Å². The van der Waals surface area contributed by atoms with E-state index in [1.165, 1.54) is 5.56 Å². The molecule has 12 nitrogen and oxygen atoms in total. The van der Waals surface area contributed by atoms with Gasteiger partial charge in [0.1, 0.15) is 5.69 Å². The molecule has 1 atom stereocenters. The third-order valence-corrected chi connectivity index (χ3v) is 6.59. The fourth-order valence-electron chi connectivity index (χ4n) is 4.57. The van der Waals surface area contributed by atoms with Crippen LogP contribution < -0.4 is 4.90 Å². The van der Waals surface area contributed by atoms with E-state index < -0.39 is 36.4 Å². The molecular weight excluding hydrogens is 546 g/mol. The second-order valence-corrected chi connectivity index (χ2v) is 10.3. The maximum Gasteiger partial charge on any atom is 0.336 e. The lowest BCUT2D eigenvalue weighted by Gasteiger charge is -2.31. The molecule has 3 aromatic rings. The van der Waals surface area contributed by atoms with Gasteiger partial charge in [0.25, 0.3) is 0 Å². The lowest BCUT2D eigenvalue weighted by atomic mass is 9.96. The van der Waals surface area contributed by atoms with E-state index in [1.807, 2.05) is 18.2 Å². The minimum atomic E-state index is -2.74. The molecule has 1 fully saturated rings. The van der Waals surface area contributed by atoms with Crippen molar-refractivity contribution in [2.75, 3.05) is 44.3 Å². The van der Waals surface area contributed by atoms with E-state index in [0.717, 1.165) is 63.1 Å². The minimum Gasteiger partial charge on any atom is -0.481 e. The Morgan fingerprint density at radius 1 is 0.952 bits per heavy atom. The Morgan fingerprint density at radius 2 is 1.52 bits per heavy atom. The molecule has 1 aliphatic heterocycles. The topological polar surface area (TPSA) is 174 Å².